The number of nitrogens with one attached hydrogen (secondary N) is 1. The summed E-state index contributed by atoms with van der Waals surface area (Å²) < 4.78 is 5.28. The molecule has 0 aliphatic heterocycles. The van der Waals surface area contributed by atoms with Crippen molar-refractivity contribution in [2.75, 3.05) is 20.2 Å². The van der Waals surface area contributed by atoms with Crippen molar-refractivity contribution < 1.29 is 4.74 Å². The van der Waals surface area contributed by atoms with Crippen molar-refractivity contribution in [3.63, 3.8) is 0 Å². The van der Waals surface area contributed by atoms with E-state index < -0.39 is 0 Å². The third-order valence-corrected chi connectivity index (χ3v) is 4.05. The fourth-order valence-electron chi connectivity index (χ4n) is 2.98. The maximum Gasteiger partial charge on any atom is 0.174 e. The van der Waals surface area contributed by atoms with Gasteiger partial charge in [0.25, 0.3) is 0 Å². The lowest BCUT2D eigenvalue weighted by molar-refractivity contribution is 0.368. The van der Waals surface area contributed by atoms with E-state index in [1.807, 2.05) is 25.2 Å². The van der Waals surface area contributed by atoms with E-state index >= 15 is 0 Å². The number of likely N-dealkylation sites (N-methyl/N-ethyl adjacent to an activating group) is 1. The molecule has 0 unspecified atom stereocenters. The molecule has 0 bridgehead atoms. The van der Waals surface area contributed by atoms with E-state index in [2.05, 4.69) is 23.5 Å². The van der Waals surface area contributed by atoms with Crippen molar-refractivity contribution in [3.8, 4) is 11.8 Å². The fourth-order valence-corrected chi connectivity index (χ4v) is 2.98. The largest absolute Gasteiger partial charge is 0.479 e. The van der Waals surface area contributed by atoms with Gasteiger partial charge in [-0.2, -0.15) is 5.26 Å². The van der Waals surface area contributed by atoms with Crippen molar-refractivity contribution >= 4 is 6.08 Å². The first-order valence-corrected chi connectivity index (χ1v) is 7.78. The quantitative estimate of drug-likeness (QED) is 0.864. The monoisotopic (exact) mass is 284 g/mol. The summed E-state index contributed by atoms with van der Waals surface area (Å²) in [5, 5.41) is 11.8. The molecular formula is C18H24N2O. The van der Waals surface area contributed by atoms with Crippen LogP contribution in [0.4, 0.5) is 0 Å². The van der Waals surface area contributed by atoms with Crippen LogP contribution in [0, 0.1) is 17.2 Å². The van der Waals surface area contributed by atoms with Gasteiger partial charge < -0.3 is 10.1 Å². The highest BCUT2D eigenvalue weighted by Crippen LogP contribution is 2.30. The molecular weight excluding hydrogens is 260 g/mol. The van der Waals surface area contributed by atoms with Crippen molar-refractivity contribution in [3.05, 3.63) is 35.4 Å². The molecule has 1 fully saturated rings. The van der Waals surface area contributed by atoms with Crippen LogP contribution in [0.1, 0.15) is 37.7 Å². The third kappa shape index (κ3) is 4.91. The summed E-state index contributed by atoms with van der Waals surface area (Å²) in [6.07, 6.45) is 9.03. The summed E-state index contributed by atoms with van der Waals surface area (Å²) in [6, 6.07) is 9.96. The van der Waals surface area contributed by atoms with Crippen molar-refractivity contribution in [2.24, 2.45) is 5.92 Å². The normalized spacial score (nSPS) is 16.5. The standard InChI is InChI=1S/C18H24N2O/c1-20-14-17(16-5-3-2-4-6-16)13-15-7-9-18(10-8-15)21-12-11-19/h7-10,13,16,20H,2-6,12,14H2,1H3/b17-13-. The Morgan fingerprint density at radius 3 is 2.62 bits per heavy atom. The van der Waals surface area contributed by atoms with Gasteiger partial charge in [-0.3, -0.25) is 0 Å². The van der Waals surface area contributed by atoms with E-state index in [0.29, 0.717) is 0 Å². The lowest BCUT2D eigenvalue weighted by Gasteiger charge is -2.24. The van der Waals surface area contributed by atoms with Crippen LogP contribution in [0.25, 0.3) is 6.08 Å². The molecule has 1 aliphatic rings. The second kappa shape index (κ2) is 8.49. The van der Waals surface area contributed by atoms with Crippen molar-refractivity contribution in [2.45, 2.75) is 32.1 Å². The molecule has 1 aliphatic carbocycles. The minimum absolute atomic E-state index is 0.0995. The first kappa shape index (κ1) is 15.6. The van der Waals surface area contributed by atoms with Gasteiger partial charge >= 0.3 is 0 Å². The van der Waals surface area contributed by atoms with Crippen LogP contribution in [-0.4, -0.2) is 20.2 Å². The van der Waals surface area contributed by atoms with Crippen LogP contribution < -0.4 is 10.1 Å². The van der Waals surface area contributed by atoms with Gasteiger partial charge in [0.15, 0.2) is 6.61 Å². The van der Waals surface area contributed by atoms with Gasteiger partial charge in [-0.15, -0.1) is 0 Å². The molecule has 1 saturated carbocycles. The SMILES string of the molecule is CNC/C(=C/c1ccc(OCC#N)cc1)C1CCCCC1. The number of nitriles is 1. The van der Waals surface area contributed by atoms with E-state index in [1.165, 1.54) is 43.2 Å². The molecule has 3 nitrogen and oxygen atoms in total. The average Bonchev–Trinajstić information content (AvgIpc) is 2.54. The van der Waals surface area contributed by atoms with Crippen LogP contribution in [0.2, 0.25) is 0 Å². The summed E-state index contributed by atoms with van der Waals surface area (Å²) in [5.74, 6) is 1.47. The van der Waals surface area contributed by atoms with Gasteiger partial charge in [0, 0.05) is 6.54 Å². The Bertz CT molecular complexity index is 493. The van der Waals surface area contributed by atoms with E-state index in [0.717, 1.165) is 18.2 Å². The predicted octanol–water partition coefficient (Wildman–Crippen LogP) is 3.77. The molecule has 0 aromatic heterocycles. The summed E-state index contributed by atoms with van der Waals surface area (Å²) in [5.41, 5.74) is 2.71. The molecule has 0 heterocycles. The first-order chi connectivity index (χ1) is 10.3. The zero-order valence-electron chi connectivity index (χ0n) is 12.8. The highest BCUT2D eigenvalue weighted by Gasteiger charge is 2.17. The third-order valence-electron chi connectivity index (χ3n) is 4.05. The molecule has 1 N–H and O–H groups in total. The lowest BCUT2D eigenvalue weighted by atomic mass is 9.83. The Morgan fingerprint density at radius 1 is 1.29 bits per heavy atom. The zero-order chi connectivity index (χ0) is 14.9. The molecule has 2 rings (SSSR count). The van der Waals surface area contributed by atoms with Crippen LogP contribution >= 0.6 is 0 Å². The lowest BCUT2D eigenvalue weighted by Crippen LogP contribution is -2.19. The maximum absolute atomic E-state index is 8.51. The fraction of sp³-hybridized carbons (Fsp3) is 0.500. The molecule has 3 heteroatoms. The molecule has 1 aromatic carbocycles. The Morgan fingerprint density at radius 2 is 2.00 bits per heavy atom. The molecule has 21 heavy (non-hydrogen) atoms. The minimum Gasteiger partial charge on any atom is -0.479 e. The number of nitrogens with zero attached hydrogens (tertiary/aromatic N) is 1. The predicted molar refractivity (Wildman–Crippen MR) is 86.0 cm³/mol. The van der Waals surface area contributed by atoms with Gasteiger partial charge in [-0.25, -0.2) is 0 Å². The van der Waals surface area contributed by atoms with Crippen molar-refractivity contribution in [1.82, 2.24) is 5.32 Å². The Labute approximate surface area is 127 Å². The number of hydrogen-bond acceptors (Lipinski definition) is 3. The number of ether oxygens (including phenoxy) is 1. The molecule has 0 atom stereocenters. The maximum atomic E-state index is 8.51. The zero-order valence-corrected chi connectivity index (χ0v) is 12.8. The first-order valence-electron chi connectivity index (χ1n) is 7.78. The highest BCUT2D eigenvalue weighted by atomic mass is 16.5. The van der Waals surface area contributed by atoms with Crippen LogP contribution in [-0.2, 0) is 0 Å². The molecule has 1 aromatic rings. The van der Waals surface area contributed by atoms with Crippen LogP contribution in [0.3, 0.4) is 0 Å². The average molecular weight is 284 g/mol. The second-order valence-electron chi connectivity index (χ2n) is 5.60. The molecule has 0 radical (unpaired) electrons. The summed E-state index contributed by atoms with van der Waals surface area (Å²) >= 11 is 0. The van der Waals surface area contributed by atoms with Crippen molar-refractivity contribution in [1.29, 1.82) is 5.26 Å². The Kier molecular flexibility index (Phi) is 6.30. The van der Waals surface area contributed by atoms with Gasteiger partial charge in [-0.1, -0.05) is 43.0 Å². The smallest absolute Gasteiger partial charge is 0.174 e. The van der Waals surface area contributed by atoms with Crippen LogP contribution in [0.15, 0.2) is 29.8 Å². The van der Waals surface area contributed by atoms with Gasteiger partial charge in [0.2, 0.25) is 0 Å². The van der Waals surface area contributed by atoms with Gasteiger partial charge in [0.1, 0.15) is 11.8 Å². The van der Waals surface area contributed by atoms with Gasteiger partial charge in [0.05, 0.1) is 0 Å². The molecule has 0 amide bonds. The Balaban J connectivity index is 2.07. The van der Waals surface area contributed by atoms with E-state index in [-0.39, 0.29) is 6.61 Å². The number of rotatable bonds is 6. The molecule has 112 valence electrons. The van der Waals surface area contributed by atoms with E-state index in [4.69, 9.17) is 10.00 Å². The van der Waals surface area contributed by atoms with Crippen LogP contribution in [0.5, 0.6) is 5.75 Å². The minimum atomic E-state index is 0.0995. The van der Waals surface area contributed by atoms with E-state index in [9.17, 15) is 0 Å². The summed E-state index contributed by atoms with van der Waals surface area (Å²) in [7, 11) is 2.01. The number of hydrogen-bond donors (Lipinski definition) is 1. The highest BCUT2D eigenvalue weighted by molar-refractivity contribution is 5.55. The summed E-state index contributed by atoms with van der Waals surface area (Å²) in [4.78, 5) is 0. The van der Waals surface area contributed by atoms with Gasteiger partial charge in [-0.05, 0) is 43.5 Å². The topological polar surface area (TPSA) is 45.0 Å². The second-order valence-corrected chi connectivity index (χ2v) is 5.60. The molecule has 0 saturated heterocycles. The summed E-state index contributed by atoms with van der Waals surface area (Å²) in [6.45, 7) is 1.06. The van der Waals surface area contributed by atoms with E-state index in [1.54, 1.807) is 0 Å². The molecule has 0 spiro atoms. The Hall–Kier alpha value is -1.79. The number of benzene rings is 1.